The van der Waals surface area contributed by atoms with Crippen LogP contribution in [0.1, 0.15) is 31.9 Å². The van der Waals surface area contributed by atoms with E-state index in [-0.39, 0.29) is 39.6 Å². The summed E-state index contributed by atoms with van der Waals surface area (Å²) in [6.07, 6.45) is 14.0. The Hall–Kier alpha value is -6.40. The van der Waals surface area contributed by atoms with Crippen molar-refractivity contribution in [3.8, 4) is 44.5 Å². The summed E-state index contributed by atoms with van der Waals surface area (Å²) in [5.41, 5.74) is 10.5. The van der Waals surface area contributed by atoms with E-state index in [9.17, 15) is 14.7 Å². The highest BCUT2D eigenvalue weighted by Gasteiger charge is 2.18. The molecule has 58 heavy (non-hydrogen) atoms. The molecule has 0 radical (unpaired) electrons. The number of benzene rings is 2. The smallest absolute Gasteiger partial charge is 0.332 e. The minimum absolute atomic E-state index is 0.0123. The number of carbonyl (C=O) groups excluding carboxylic acids is 2. The van der Waals surface area contributed by atoms with Crippen molar-refractivity contribution in [2.24, 2.45) is 5.41 Å². The number of nitrogens with zero attached hydrogens (tertiary/aromatic N) is 4. The fourth-order valence-electron chi connectivity index (χ4n) is 5.57. The maximum absolute atomic E-state index is 12.1. The van der Waals surface area contributed by atoms with Crippen LogP contribution in [0, 0.1) is 5.41 Å². The maximum Gasteiger partial charge on any atom is 0.332 e. The SMILES string of the molecule is C=C(C)COCC(=O)OCc1cc(-c2ccncc2)cc(-c2ccncc2)c1.CC(C)(CO)COCC(=O)OCc1cc(-c2ccncc2)cc(-c2ccncc2)c1. The largest absolute Gasteiger partial charge is 0.459 e. The van der Waals surface area contributed by atoms with Crippen molar-refractivity contribution in [3.63, 3.8) is 0 Å². The molecule has 0 bridgehead atoms. The average Bonchev–Trinajstić information content (AvgIpc) is 3.26. The molecule has 0 spiro atoms. The molecule has 6 rings (SSSR count). The van der Waals surface area contributed by atoms with E-state index < -0.39 is 17.4 Å². The molecule has 0 aliphatic rings. The van der Waals surface area contributed by atoms with Crippen LogP contribution >= 0.6 is 0 Å². The van der Waals surface area contributed by atoms with E-state index in [4.69, 9.17) is 18.9 Å². The Morgan fingerprint density at radius 1 is 0.534 bits per heavy atom. The molecule has 11 heteroatoms. The number of pyridine rings is 4. The first-order valence-electron chi connectivity index (χ1n) is 18.7. The quantitative estimate of drug-likeness (QED) is 0.0705. The summed E-state index contributed by atoms with van der Waals surface area (Å²) in [4.78, 5) is 40.3. The van der Waals surface area contributed by atoms with Gasteiger partial charge in [0.25, 0.3) is 0 Å². The molecule has 0 aliphatic carbocycles. The van der Waals surface area contributed by atoms with Crippen LogP contribution in [0.5, 0.6) is 0 Å². The van der Waals surface area contributed by atoms with E-state index in [1.807, 2.05) is 93.6 Å². The number of aliphatic hydroxyl groups is 1. The molecule has 4 aromatic heterocycles. The molecule has 1 N–H and O–H groups in total. The third kappa shape index (κ3) is 14.0. The normalized spacial score (nSPS) is 10.9. The van der Waals surface area contributed by atoms with Gasteiger partial charge in [0.05, 0.1) is 19.8 Å². The fraction of sp³-hybridized carbons (Fsp3) is 0.234. The van der Waals surface area contributed by atoms with Gasteiger partial charge >= 0.3 is 11.9 Å². The lowest BCUT2D eigenvalue weighted by Crippen LogP contribution is -2.25. The Balaban J connectivity index is 0.000000221. The molecule has 0 atom stereocenters. The lowest BCUT2D eigenvalue weighted by atomic mass is 9.97. The molecule has 4 heterocycles. The Labute approximate surface area is 339 Å². The molecule has 0 unspecified atom stereocenters. The first-order valence-corrected chi connectivity index (χ1v) is 18.7. The predicted octanol–water partition coefficient (Wildman–Crippen LogP) is 8.34. The summed E-state index contributed by atoms with van der Waals surface area (Å²) in [5, 5.41) is 9.25. The number of aliphatic hydroxyl groups excluding tert-OH is 1. The molecule has 0 aliphatic heterocycles. The highest BCUT2D eigenvalue weighted by molar-refractivity contribution is 5.76. The van der Waals surface area contributed by atoms with Crippen molar-refractivity contribution < 1.29 is 33.6 Å². The van der Waals surface area contributed by atoms with Crippen molar-refractivity contribution >= 4 is 11.9 Å². The summed E-state index contributed by atoms with van der Waals surface area (Å²) in [6.45, 7) is 10.0. The lowest BCUT2D eigenvalue weighted by molar-refractivity contribution is -0.152. The van der Waals surface area contributed by atoms with Crippen LogP contribution in [0.15, 0.2) is 147 Å². The molecule has 298 valence electrons. The minimum atomic E-state index is -0.441. The molecule has 11 nitrogen and oxygen atoms in total. The van der Waals surface area contributed by atoms with Gasteiger partial charge in [0.15, 0.2) is 0 Å². The van der Waals surface area contributed by atoms with Gasteiger partial charge in [0, 0.05) is 55.0 Å². The number of esters is 2. The minimum Gasteiger partial charge on any atom is -0.459 e. The third-order valence-electron chi connectivity index (χ3n) is 8.55. The highest BCUT2D eigenvalue weighted by Crippen LogP contribution is 2.30. The zero-order valence-corrected chi connectivity index (χ0v) is 33.0. The second-order valence-corrected chi connectivity index (χ2v) is 14.4. The van der Waals surface area contributed by atoms with E-state index in [1.54, 1.807) is 49.6 Å². The number of ether oxygens (including phenoxy) is 4. The Kier molecular flexibility index (Phi) is 16.0. The summed E-state index contributed by atoms with van der Waals surface area (Å²) in [6, 6.07) is 27.8. The number of carbonyl (C=O) groups is 2. The third-order valence-corrected chi connectivity index (χ3v) is 8.55. The van der Waals surface area contributed by atoms with Gasteiger partial charge in [0.2, 0.25) is 0 Å². The molecule has 0 amide bonds. The average molecular weight is 781 g/mol. The van der Waals surface area contributed by atoms with Gasteiger partial charge in [0.1, 0.15) is 26.4 Å². The number of hydrogen-bond donors (Lipinski definition) is 1. The van der Waals surface area contributed by atoms with Gasteiger partial charge in [-0.3, -0.25) is 19.9 Å². The Morgan fingerprint density at radius 3 is 1.17 bits per heavy atom. The van der Waals surface area contributed by atoms with E-state index in [1.165, 1.54) is 0 Å². The van der Waals surface area contributed by atoms with E-state index in [2.05, 4.69) is 38.6 Å². The van der Waals surface area contributed by atoms with Crippen molar-refractivity contribution in [2.75, 3.05) is 33.0 Å². The van der Waals surface area contributed by atoms with Gasteiger partial charge in [-0.25, -0.2) is 9.59 Å². The van der Waals surface area contributed by atoms with Gasteiger partial charge < -0.3 is 24.1 Å². The molecule has 0 saturated carbocycles. The molecule has 6 aromatic rings. The first-order chi connectivity index (χ1) is 28.1. The predicted molar refractivity (Wildman–Crippen MR) is 223 cm³/mol. The van der Waals surface area contributed by atoms with E-state index in [0.29, 0.717) is 6.61 Å². The number of aromatic nitrogens is 4. The molecule has 0 saturated heterocycles. The summed E-state index contributed by atoms with van der Waals surface area (Å²) in [5.74, 6) is -0.843. The van der Waals surface area contributed by atoms with Crippen LogP contribution in [-0.4, -0.2) is 70.0 Å². The monoisotopic (exact) mass is 780 g/mol. The van der Waals surface area contributed by atoms with Crippen LogP contribution < -0.4 is 0 Å². The number of hydrogen-bond acceptors (Lipinski definition) is 11. The molecule has 0 fully saturated rings. The fourth-order valence-corrected chi connectivity index (χ4v) is 5.57. The Bertz CT molecular complexity index is 2100. The van der Waals surface area contributed by atoms with Crippen molar-refractivity contribution in [3.05, 3.63) is 158 Å². The molecule has 2 aromatic carbocycles. The summed E-state index contributed by atoms with van der Waals surface area (Å²) >= 11 is 0. The zero-order chi connectivity index (χ0) is 41.2. The van der Waals surface area contributed by atoms with Gasteiger partial charge in [-0.15, -0.1) is 0 Å². The summed E-state index contributed by atoms with van der Waals surface area (Å²) in [7, 11) is 0. The van der Waals surface area contributed by atoms with Gasteiger partial charge in [-0.05, 0) is 147 Å². The van der Waals surface area contributed by atoms with Crippen molar-refractivity contribution in [2.45, 2.75) is 34.0 Å². The maximum atomic E-state index is 12.1. The molecular weight excluding hydrogens is 733 g/mol. The lowest BCUT2D eigenvalue weighted by Gasteiger charge is -2.20. The van der Waals surface area contributed by atoms with Gasteiger partial charge in [-0.2, -0.15) is 0 Å². The second-order valence-electron chi connectivity index (χ2n) is 14.4. The first kappa shape index (κ1) is 42.7. The van der Waals surface area contributed by atoms with Crippen LogP contribution in [0.2, 0.25) is 0 Å². The Morgan fingerprint density at radius 2 is 0.862 bits per heavy atom. The standard InChI is InChI=1S/C24H26N2O4.C23H22N2O3/c1-24(2,16-27)17-29-15-23(28)30-14-18-11-21(19-3-7-25-8-4-19)13-22(12-18)20-5-9-26-10-6-20;1-17(2)14-27-16-23(26)28-15-18-11-21(19-3-7-24-8-4-19)13-22(12-18)20-5-9-25-10-6-20/h3-13,27H,14-17H2,1-2H3;3-13H,1,14-16H2,2H3. The van der Waals surface area contributed by atoms with E-state index >= 15 is 0 Å². The van der Waals surface area contributed by atoms with Crippen LogP contribution in [-0.2, 0) is 41.8 Å². The van der Waals surface area contributed by atoms with Crippen molar-refractivity contribution in [1.82, 2.24) is 19.9 Å². The number of rotatable bonds is 17. The van der Waals surface area contributed by atoms with Gasteiger partial charge in [-0.1, -0.05) is 26.0 Å². The second kappa shape index (κ2) is 21.8. The van der Waals surface area contributed by atoms with E-state index in [0.717, 1.165) is 61.2 Å². The van der Waals surface area contributed by atoms with Crippen LogP contribution in [0.4, 0.5) is 0 Å². The van der Waals surface area contributed by atoms with Crippen molar-refractivity contribution in [1.29, 1.82) is 0 Å². The highest BCUT2D eigenvalue weighted by atomic mass is 16.6. The zero-order valence-electron chi connectivity index (χ0n) is 33.0. The van der Waals surface area contributed by atoms with Crippen LogP contribution in [0.3, 0.4) is 0 Å². The summed E-state index contributed by atoms with van der Waals surface area (Å²) < 4.78 is 21.4. The topological polar surface area (TPSA) is 143 Å². The van der Waals surface area contributed by atoms with Crippen LogP contribution in [0.25, 0.3) is 44.5 Å². The molecular formula is C47H48N4O7.